The van der Waals surface area contributed by atoms with E-state index in [1.165, 1.54) is 0 Å². The predicted molar refractivity (Wildman–Crippen MR) is 69.9 cm³/mol. The van der Waals surface area contributed by atoms with E-state index in [1.807, 2.05) is 18.9 Å². The van der Waals surface area contributed by atoms with Crippen LogP contribution in [0.1, 0.15) is 28.9 Å². The summed E-state index contributed by atoms with van der Waals surface area (Å²) < 4.78 is 7.16. The molecule has 1 N–H and O–H groups in total. The van der Waals surface area contributed by atoms with E-state index >= 15 is 0 Å². The van der Waals surface area contributed by atoms with E-state index in [2.05, 4.69) is 5.10 Å². The first-order valence-corrected chi connectivity index (χ1v) is 6.63. The first kappa shape index (κ1) is 14.0. The van der Waals surface area contributed by atoms with Gasteiger partial charge >= 0.3 is 0 Å². The Morgan fingerprint density at radius 1 is 1.53 bits per heavy atom. The maximum Gasteiger partial charge on any atom is 0.257 e. The molecule has 1 aromatic rings. The molecule has 0 aliphatic carbocycles. The van der Waals surface area contributed by atoms with E-state index in [1.54, 1.807) is 10.9 Å². The number of aryl methyl sites for hydroxylation is 2. The molecule has 1 amide bonds. The van der Waals surface area contributed by atoms with E-state index < -0.39 is 0 Å². The van der Waals surface area contributed by atoms with Crippen LogP contribution in [0.15, 0.2) is 6.20 Å². The standard InChI is InChI=1S/C13H21N3O3/c1-10-12(9-15(2)14-10)13(18)16-5-3-11(4-6-16)19-8-7-17/h9,11,17H,3-8H2,1-2H3. The van der Waals surface area contributed by atoms with Crippen LogP contribution >= 0.6 is 0 Å². The molecule has 6 nitrogen and oxygen atoms in total. The summed E-state index contributed by atoms with van der Waals surface area (Å²) in [7, 11) is 1.82. The largest absolute Gasteiger partial charge is 0.394 e. The Morgan fingerprint density at radius 3 is 2.74 bits per heavy atom. The van der Waals surface area contributed by atoms with Gasteiger partial charge in [-0.2, -0.15) is 5.10 Å². The van der Waals surface area contributed by atoms with Gasteiger partial charge in [-0.3, -0.25) is 9.48 Å². The van der Waals surface area contributed by atoms with Crippen LogP contribution < -0.4 is 0 Å². The first-order chi connectivity index (χ1) is 9.11. The molecule has 0 unspecified atom stereocenters. The van der Waals surface area contributed by atoms with Gasteiger partial charge in [0.1, 0.15) is 0 Å². The molecular weight excluding hydrogens is 246 g/mol. The highest BCUT2D eigenvalue weighted by atomic mass is 16.5. The van der Waals surface area contributed by atoms with E-state index in [4.69, 9.17) is 9.84 Å². The van der Waals surface area contributed by atoms with Gasteiger partial charge in [0, 0.05) is 26.3 Å². The number of amides is 1. The van der Waals surface area contributed by atoms with Crippen LogP contribution in [0.25, 0.3) is 0 Å². The number of aromatic nitrogens is 2. The Morgan fingerprint density at radius 2 is 2.21 bits per heavy atom. The van der Waals surface area contributed by atoms with Crippen LogP contribution in [0.2, 0.25) is 0 Å². The van der Waals surface area contributed by atoms with Gasteiger partial charge in [0.05, 0.1) is 30.6 Å². The highest BCUT2D eigenvalue weighted by Crippen LogP contribution is 2.17. The third-order valence-corrected chi connectivity index (χ3v) is 3.42. The van der Waals surface area contributed by atoms with Crippen LogP contribution in [0.4, 0.5) is 0 Å². The van der Waals surface area contributed by atoms with Gasteiger partial charge in [-0.1, -0.05) is 0 Å². The number of carbonyl (C=O) groups is 1. The summed E-state index contributed by atoms with van der Waals surface area (Å²) in [5.74, 6) is 0.0474. The lowest BCUT2D eigenvalue weighted by Crippen LogP contribution is -2.41. The van der Waals surface area contributed by atoms with Crippen LogP contribution in [-0.2, 0) is 11.8 Å². The molecule has 19 heavy (non-hydrogen) atoms. The Balaban J connectivity index is 1.91. The fourth-order valence-electron chi connectivity index (χ4n) is 2.42. The number of piperidine rings is 1. The van der Waals surface area contributed by atoms with Crippen molar-refractivity contribution >= 4 is 5.91 Å². The summed E-state index contributed by atoms with van der Waals surface area (Å²) >= 11 is 0. The Kier molecular flexibility index (Phi) is 4.55. The van der Waals surface area contributed by atoms with Crippen LogP contribution in [0.3, 0.4) is 0 Å². The number of ether oxygens (including phenoxy) is 1. The minimum Gasteiger partial charge on any atom is -0.394 e. The van der Waals surface area contributed by atoms with E-state index in [-0.39, 0.29) is 18.6 Å². The van der Waals surface area contributed by atoms with E-state index in [0.29, 0.717) is 25.3 Å². The summed E-state index contributed by atoms with van der Waals surface area (Å²) in [6.45, 7) is 3.67. The lowest BCUT2D eigenvalue weighted by atomic mass is 10.1. The highest BCUT2D eigenvalue weighted by Gasteiger charge is 2.25. The van der Waals surface area contributed by atoms with Crippen molar-refractivity contribution in [3.8, 4) is 0 Å². The molecule has 2 rings (SSSR count). The van der Waals surface area contributed by atoms with Crippen molar-refractivity contribution in [2.45, 2.75) is 25.9 Å². The lowest BCUT2D eigenvalue weighted by molar-refractivity contribution is -0.00555. The van der Waals surface area contributed by atoms with Gasteiger partial charge in [-0.05, 0) is 19.8 Å². The average molecular weight is 267 g/mol. The molecule has 106 valence electrons. The third kappa shape index (κ3) is 3.33. The van der Waals surface area contributed by atoms with Gasteiger partial charge in [0.15, 0.2) is 0 Å². The van der Waals surface area contributed by atoms with Crippen molar-refractivity contribution in [1.29, 1.82) is 0 Å². The number of rotatable bonds is 4. The first-order valence-electron chi connectivity index (χ1n) is 6.63. The number of carbonyl (C=O) groups excluding carboxylic acids is 1. The third-order valence-electron chi connectivity index (χ3n) is 3.42. The highest BCUT2D eigenvalue weighted by molar-refractivity contribution is 5.95. The normalized spacial score (nSPS) is 16.9. The summed E-state index contributed by atoms with van der Waals surface area (Å²) in [6, 6.07) is 0. The molecule has 0 aromatic carbocycles. The van der Waals surface area contributed by atoms with Crippen LogP contribution in [0.5, 0.6) is 0 Å². The molecule has 6 heteroatoms. The zero-order valence-electron chi connectivity index (χ0n) is 11.5. The SMILES string of the molecule is Cc1nn(C)cc1C(=O)N1CCC(OCCO)CC1. The summed E-state index contributed by atoms with van der Waals surface area (Å²) in [4.78, 5) is 14.2. The lowest BCUT2D eigenvalue weighted by Gasteiger charge is -2.31. The van der Waals surface area contributed by atoms with Crippen molar-refractivity contribution < 1.29 is 14.6 Å². The quantitative estimate of drug-likeness (QED) is 0.854. The number of hydrogen-bond acceptors (Lipinski definition) is 4. The topological polar surface area (TPSA) is 67.6 Å². The van der Waals surface area contributed by atoms with Gasteiger partial charge in [-0.15, -0.1) is 0 Å². The van der Waals surface area contributed by atoms with Crippen LogP contribution in [-0.4, -0.2) is 58.1 Å². The molecule has 0 spiro atoms. The molecule has 0 radical (unpaired) electrons. The zero-order chi connectivity index (χ0) is 13.8. The molecule has 1 fully saturated rings. The van der Waals surface area contributed by atoms with Gasteiger partial charge in [-0.25, -0.2) is 0 Å². The van der Waals surface area contributed by atoms with Crippen molar-refractivity contribution in [3.05, 3.63) is 17.5 Å². The van der Waals surface area contributed by atoms with Crippen molar-refractivity contribution in [2.75, 3.05) is 26.3 Å². The Hall–Kier alpha value is -1.40. The molecular formula is C13H21N3O3. The summed E-state index contributed by atoms with van der Waals surface area (Å²) in [5, 5.41) is 12.9. The Labute approximate surface area is 113 Å². The maximum absolute atomic E-state index is 12.3. The minimum absolute atomic E-state index is 0.0474. The number of hydrogen-bond donors (Lipinski definition) is 1. The molecule has 2 heterocycles. The van der Waals surface area contributed by atoms with Crippen LogP contribution in [0, 0.1) is 6.92 Å². The minimum atomic E-state index is 0.0474. The maximum atomic E-state index is 12.3. The molecule has 1 aliphatic rings. The van der Waals surface area contributed by atoms with Crippen molar-refractivity contribution in [1.82, 2.24) is 14.7 Å². The molecule has 0 saturated carbocycles. The number of aliphatic hydroxyl groups is 1. The summed E-state index contributed by atoms with van der Waals surface area (Å²) in [5.41, 5.74) is 1.45. The van der Waals surface area contributed by atoms with E-state index in [0.717, 1.165) is 18.5 Å². The predicted octanol–water partition coefficient (Wildman–Crippen LogP) is 0.342. The monoisotopic (exact) mass is 267 g/mol. The average Bonchev–Trinajstić information content (AvgIpc) is 2.75. The molecule has 1 aliphatic heterocycles. The second-order valence-electron chi connectivity index (χ2n) is 4.89. The molecule has 1 saturated heterocycles. The van der Waals surface area contributed by atoms with Crippen molar-refractivity contribution in [3.63, 3.8) is 0 Å². The van der Waals surface area contributed by atoms with Gasteiger partial charge in [0.25, 0.3) is 5.91 Å². The fourth-order valence-corrected chi connectivity index (χ4v) is 2.42. The number of likely N-dealkylation sites (tertiary alicyclic amines) is 1. The number of nitrogens with zero attached hydrogens (tertiary/aromatic N) is 3. The van der Waals surface area contributed by atoms with Gasteiger partial charge in [0.2, 0.25) is 0 Å². The second kappa shape index (κ2) is 6.16. The van der Waals surface area contributed by atoms with E-state index in [9.17, 15) is 4.79 Å². The number of aliphatic hydroxyl groups excluding tert-OH is 1. The zero-order valence-corrected chi connectivity index (χ0v) is 11.5. The molecule has 0 bridgehead atoms. The Bertz CT molecular complexity index is 436. The van der Waals surface area contributed by atoms with Crippen molar-refractivity contribution in [2.24, 2.45) is 7.05 Å². The molecule has 1 aromatic heterocycles. The fraction of sp³-hybridized carbons (Fsp3) is 0.692. The summed E-state index contributed by atoms with van der Waals surface area (Å²) in [6.07, 6.45) is 3.58. The second-order valence-corrected chi connectivity index (χ2v) is 4.89. The van der Waals surface area contributed by atoms with Gasteiger partial charge < -0.3 is 14.7 Å². The smallest absolute Gasteiger partial charge is 0.257 e. The molecule has 0 atom stereocenters.